The highest BCUT2D eigenvalue weighted by atomic mass is 32.2. The monoisotopic (exact) mass is 365 g/mol. The van der Waals surface area contributed by atoms with Crippen LogP contribution in [0.2, 0.25) is 0 Å². The van der Waals surface area contributed by atoms with Crippen LogP contribution in [0.25, 0.3) is 5.69 Å². The number of carbonyl (C=O) groups is 1. The molecule has 0 aliphatic carbocycles. The molecule has 7 heteroatoms. The molecule has 0 unspecified atom stereocenters. The molecule has 6 nitrogen and oxygen atoms in total. The lowest BCUT2D eigenvalue weighted by Gasteiger charge is -2.20. The number of tetrazole rings is 1. The number of hydrogen-bond donors (Lipinski definition) is 0. The predicted octanol–water partition coefficient (Wildman–Crippen LogP) is 3.28. The molecule has 1 heterocycles. The van der Waals surface area contributed by atoms with Crippen LogP contribution in [0.15, 0.2) is 72.4 Å². The quantitative estimate of drug-likeness (QED) is 0.475. The van der Waals surface area contributed by atoms with Crippen molar-refractivity contribution in [2.24, 2.45) is 0 Å². The van der Waals surface area contributed by atoms with Gasteiger partial charge in [0.1, 0.15) is 0 Å². The fourth-order valence-electron chi connectivity index (χ4n) is 2.41. The van der Waals surface area contributed by atoms with Gasteiger partial charge in [-0.3, -0.25) is 4.79 Å². The number of rotatable bonds is 7. The summed E-state index contributed by atoms with van der Waals surface area (Å²) in [5.74, 6) is 0.203. The number of aryl methyl sites for hydroxylation is 1. The molecule has 0 atom stereocenters. The van der Waals surface area contributed by atoms with Crippen LogP contribution in [0.3, 0.4) is 0 Å². The molecule has 26 heavy (non-hydrogen) atoms. The summed E-state index contributed by atoms with van der Waals surface area (Å²) in [5.41, 5.74) is 2.87. The Kier molecular flexibility index (Phi) is 5.80. The highest BCUT2D eigenvalue weighted by molar-refractivity contribution is 7.99. The summed E-state index contributed by atoms with van der Waals surface area (Å²) in [7, 11) is 0. The molecule has 0 aliphatic rings. The van der Waals surface area contributed by atoms with Gasteiger partial charge in [-0.15, -0.1) is 11.7 Å². The van der Waals surface area contributed by atoms with Crippen LogP contribution in [0.1, 0.15) is 5.56 Å². The van der Waals surface area contributed by atoms with Gasteiger partial charge in [0.2, 0.25) is 11.1 Å². The summed E-state index contributed by atoms with van der Waals surface area (Å²) in [4.78, 5) is 14.4. The van der Waals surface area contributed by atoms with E-state index in [-0.39, 0.29) is 11.7 Å². The first kappa shape index (κ1) is 17.9. The molecule has 0 saturated carbocycles. The Morgan fingerprint density at radius 2 is 1.92 bits per heavy atom. The van der Waals surface area contributed by atoms with Gasteiger partial charge in [0, 0.05) is 12.2 Å². The molecule has 0 fully saturated rings. The Bertz CT molecular complexity index is 876. The number of aromatic nitrogens is 4. The van der Waals surface area contributed by atoms with E-state index < -0.39 is 0 Å². The summed E-state index contributed by atoms with van der Waals surface area (Å²) >= 11 is 1.31. The van der Waals surface area contributed by atoms with Crippen molar-refractivity contribution in [2.75, 3.05) is 17.2 Å². The molecule has 1 aromatic heterocycles. The smallest absolute Gasteiger partial charge is 0.237 e. The molecule has 2 aromatic carbocycles. The molecule has 1 amide bonds. The Morgan fingerprint density at radius 3 is 2.62 bits per heavy atom. The predicted molar refractivity (Wildman–Crippen MR) is 104 cm³/mol. The second-order valence-corrected chi connectivity index (χ2v) is 6.57. The third-order valence-electron chi connectivity index (χ3n) is 3.72. The van der Waals surface area contributed by atoms with E-state index in [0.717, 1.165) is 16.9 Å². The number of benzene rings is 2. The van der Waals surface area contributed by atoms with Gasteiger partial charge in [-0.2, -0.15) is 4.68 Å². The van der Waals surface area contributed by atoms with Crippen LogP contribution in [-0.4, -0.2) is 38.4 Å². The molecule has 0 radical (unpaired) electrons. The van der Waals surface area contributed by atoms with Crippen molar-refractivity contribution in [3.05, 3.63) is 72.8 Å². The zero-order valence-corrected chi connectivity index (χ0v) is 15.3. The second-order valence-electron chi connectivity index (χ2n) is 5.63. The lowest BCUT2D eigenvalue weighted by atomic mass is 10.2. The van der Waals surface area contributed by atoms with Gasteiger partial charge in [-0.1, -0.05) is 53.7 Å². The van der Waals surface area contributed by atoms with Crippen LogP contribution < -0.4 is 4.90 Å². The maximum Gasteiger partial charge on any atom is 0.237 e. The van der Waals surface area contributed by atoms with Crippen molar-refractivity contribution < 1.29 is 4.79 Å². The first-order chi connectivity index (χ1) is 12.7. The van der Waals surface area contributed by atoms with Crippen molar-refractivity contribution in [1.82, 2.24) is 20.2 Å². The van der Waals surface area contributed by atoms with Crippen LogP contribution in [0, 0.1) is 6.92 Å². The number of amides is 1. The number of thioether (sulfide) groups is 1. The van der Waals surface area contributed by atoms with Crippen LogP contribution in [0.4, 0.5) is 5.69 Å². The van der Waals surface area contributed by atoms with Gasteiger partial charge in [0.15, 0.2) is 0 Å². The Morgan fingerprint density at radius 1 is 1.19 bits per heavy atom. The molecular weight excluding hydrogens is 346 g/mol. The second kappa shape index (κ2) is 8.44. The molecule has 3 rings (SSSR count). The fourth-order valence-corrected chi connectivity index (χ4v) is 3.18. The summed E-state index contributed by atoms with van der Waals surface area (Å²) in [5, 5.41) is 12.4. The lowest BCUT2D eigenvalue weighted by molar-refractivity contribution is -0.116. The fraction of sp³-hybridized carbons (Fsp3) is 0.158. The average molecular weight is 365 g/mol. The number of para-hydroxylation sites is 1. The van der Waals surface area contributed by atoms with Gasteiger partial charge in [0.05, 0.1) is 11.4 Å². The highest BCUT2D eigenvalue weighted by Crippen LogP contribution is 2.21. The van der Waals surface area contributed by atoms with Crippen LogP contribution in [0.5, 0.6) is 0 Å². The minimum atomic E-state index is -0.0282. The largest absolute Gasteiger partial charge is 0.308 e. The topological polar surface area (TPSA) is 63.9 Å². The van der Waals surface area contributed by atoms with Crippen molar-refractivity contribution in [3.63, 3.8) is 0 Å². The van der Waals surface area contributed by atoms with Gasteiger partial charge >= 0.3 is 0 Å². The van der Waals surface area contributed by atoms with Gasteiger partial charge < -0.3 is 4.90 Å². The van der Waals surface area contributed by atoms with Crippen molar-refractivity contribution in [3.8, 4) is 5.69 Å². The maximum atomic E-state index is 12.7. The Labute approximate surface area is 156 Å². The lowest BCUT2D eigenvalue weighted by Crippen LogP contribution is -2.32. The van der Waals surface area contributed by atoms with E-state index in [1.807, 2.05) is 61.5 Å². The highest BCUT2D eigenvalue weighted by Gasteiger charge is 2.17. The van der Waals surface area contributed by atoms with E-state index in [1.165, 1.54) is 11.8 Å². The van der Waals surface area contributed by atoms with Crippen molar-refractivity contribution in [1.29, 1.82) is 0 Å². The number of hydrogen-bond acceptors (Lipinski definition) is 5. The third-order valence-corrected chi connectivity index (χ3v) is 4.63. The standard InChI is InChI=1S/C19H19N5OS/c1-3-13-23(16-7-5-4-6-8-16)18(25)14-26-19-20-21-22-24(19)17-11-9-15(2)10-12-17/h3-12H,1,13-14H2,2H3. The molecule has 3 aromatic rings. The third kappa shape index (κ3) is 4.18. The molecule has 0 spiro atoms. The van der Waals surface area contributed by atoms with Crippen molar-refractivity contribution in [2.45, 2.75) is 12.1 Å². The molecule has 0 N–H and O–H groups in total. The normalized spacial score (nSPS) is 10.5. The van der Waals surface area contributed by atoms with Gasteiger partial charge in [-0.05, 0) is 41.6 Å². The maximum absolute atomic E-state index is 12.7. The first-order valence-electron chi connectivity index (χ1n) is 8.13. The first-order valence-corrected chi connectivity index (χ1v) is 9.12. The van der Waals surface area contributed by atoms with E-state index in [0.29, 0.717) is 11.7 Å². The Balaban J connectivity index is 1.72. The summed E-state index contributed by atoms with van der Waals surface area (Å²) in [6.45, 7) is 6.22. The molecule has 0 aliphatic heterocycles. The summed E-state index contributed by atoms with van der Waals surface area (Å²) in [6.07, 6.45) is 1.71. The molecule has 0 saturated heterocycles. The van der Waals surface area contributed by atoms with Crippen LogP contribution in [-0.2, 0) is 4.79 Å². The minimum Gasteiger partial charge on any atom is -0.308 e. The van der Waals surface area contributed by atoms with E-state index in [4.69, 9.17) is 0 Å². The average Bonchev–Trinajstić information content (AvgIpc) is 3.14. The SMILES string of the molecule is C=CCN(C(=O)CSc1nnnn1-c1ccc(C)cc1)c1ccccc1. The minimum absolute atomic E-state index is 0.0282. The van der Waals surface area contributed by atoms with Crippen molar-refractivity contribution >= 4 is 23.4 Å². The van der Waals surface area contributed by atoms with Gasteiger partial charge in [0.25, 0.3) is 0 Å². The summed E-state index contributed by atoms with van der Waals surface area (Å²) < 4.78 is 1.64. The zero-order valence-electron chi connectivity index (χ0n) is 14.4. The van der Waals surface area contributed by atoms with E-state index in [2.05, 4.69) is 22.1 Å². The zero-order chi connectivity index (χ0) is 18.4. The van der Waals surface area contributed by atoms with E-state index in [1.54, 1.807) is 15.7 Å². The molecular formula is C19H19N5OS. The molecule has 132 valence electrons. The van der Waals surface area contributed by atoms with E-state index >= 15 is 0 Å². The van der Waals surface area contributed by atoms with Crippen LogP contribution >= 0.6 is 11.8 Å². The summed E-state index contributed by atoms with van der Waals surface area (Å²) in [6, 6.07) is 17.4. The molecule has 0 bridgehead atoms. The Hall–Kier alpha value is -2.93. The van der Waals surface area contributed by atoms with Gasteiger partial charge in [-0.25, -0.2) is 0 Å². The van der Waals surface area contributed by atoms with E-state index in [9.17, 15) is 4.79 Å². The number of nitrogens with zero attached hydrogens (tertiary/aromatic N) is 5. The number of anilines is 1. The number of carbonyl (C=O) groups excluding carboxylic acids is 1.